The summed E-state index contributed by atoms with van der Waals surface area (Å²) >= 11 is 0. The van der Waals surface area contributed by atoms with Crippen LogP contribution in [0.15, 0.2) is 18.2 Å². The van der Waals surface area contributed by atoms with Crippen LogP contribution in [0.4, 0.5) is 0 Å². The van der Waals surface area contributed by atoms with Crippen LogP contribution in [0.5, 0.6) is 5.75 Å². The van der Waals surface area contributed by atoms with E-state index >= 15 is 0 Å². The Morgan fingerprint density at radius 2 is 1.97 bits per heavy atom. The van der Waals surface area contributed by atoms with Gasteiger partial charge in [-0.05, 0) is 69.5 Å². The molecule has 2 N–H and O–H groups in total. The lowest BCUT2D eigenvalue weighted by molar-refractivity contribution is -0.109. The van der Waals surface area contributed by atoms with Gasteiger partial charge in [-0.3, -0.25) is 4.79 Å². The van der Waals surface area contributed by atoms with Gasteiger partial charge in [0.2, 0.25) is 10.0 Å². The molecule has 0 spiro atoms. The number of aryl methyl sites for hydroxylation is 1. The van der Waals surface area contributed by atoms with Crippen molar-refractivity contribution in [1.29, 1.82) is 0 Å². The van der Waals surface area contributed by atoms with E-state index in [4.69, 9.17) is 9.47 Å². The predicted octanol–water partition coefficient (Wildman–Crippen LogP) is 2.29. The standard InChI is InChI=1S/C22H34N2O5S/c1-16-5-3-7-21(28-14-13-25)22(16)17-8-10-18(11-9-17)29-15-20-19(6-4-12-23-20)24-30(2,26)27/h3,5,7,13,17-20,23-24H,4,6,8-12,14-15H2,1-2H3/t17?,18?,19-,20-/m0/s1. The Kier molecular flexibility index (Phi) is 8.27. The second-order valence-electron chi connectivity index (χ2n) is 8.47. The van der Waals surface area contributed by atoms with Gasteiger partial charge in [0.05, 0.1) is 19.0 Å². The molecule has 30 heavy (non-hydrogen) atoms. The number of rotatable bonds is 9. The van der Waals surface area contributed by atoms with Gasteiger partial charge in [0.15, 0.2) is 6.29 Å². The van der Waals surface area contributed by atoms with Crippen molar-refractivity contribution in [3.63, 3.8) is 0 Å². The Morgan fingerprint density at radius 3 is 2.67 bits per heavy atom. The van der Waals surface area contributed by atoms with Crippen molar-refractivity contribution in [3.05, 3.63) is 29.3 Å². The maximum absolute atomic E-state index is 11.6. The average molecular weight is 439 g/mol. The molecule has 1 aromatic carbocycles. The number of piperidine rings is 1. The van der Waals surface area contributed by atoms with E-state index in [0.717, 1.165) is 57.1 Å². The summed E-state index contributed by atoms with van der Waals surface area (Å²) in [6.45, 7) is 3.57. The number of nitrogens with one attached hydrogen (secondary N) is 2. The zero-order chi connectivity index (χ0) is 21.6. The molecule has 0 radical (unpaired) electrons. The first-order valence-electron chi connectivity index (χ1n) is 10.9. The summed E-state index contributed by atoms with van der Waals surface area (Å²) < 4.78 is 37.9. The van der Waals surface area contributed by atoms with E-state index in [0.29, 0.717) is 12.5 Å². The Balaban J connectivity index is 1.53. The molecule has 168 valence electrons. The molecule has 1 heterocycles. The molecule has 0 bridgehead atoms. The van der Waals surface area contributed by atoms with Crippen LogP contribution < -0.4 is 14.8 Å². The molecule has 1 saturated heterocycles. The molecule has 0 unspecified atom stereocenters. The van der Waals surface area contributed by atoms with Crippen molar-refractivity contribution in [2.24, 2.45) is 0 Å². The number of carbonyl (C=O) groups is 1. The molecule has 0 amide bonds. The first kappa shape index (κ1) is 23.2. The Morgan fingerprint density at radius 1 is 1.20 bits per heavy atom. The number of carbonyl (C=O) groups excluding carboxylic acids is 1. The molecule has 0 aromatic heterocycles. The number of aldehydes is 1. The SMILES string of the molecule is Cc1cccc(OCC=O)c1C1CCC(OC[C@@H]2NCCC[C@@H]2NS(C)(=O)=O)CC1. The van der Waals surface area contributed by atoms with Crippen LogP contribution in [0.2, 0.25) is 0 Å². The summed E-state index contributed by atoms with van der Waals surface area (Å²) in [7, 11) is -3.23. The van der Waals surface area contributed by atoms with E-state index < -0.39 is 10.0 Å². The summed E-state index contributed by atoms with van der Waals surface area (Å²) in [6.07, 6.45) is 7.91. The van der Waals surface area contributed by atoms with Gasteiger partial charge in [0, 0.05) is 17.6 Å². The molecule has 2 fully saturated rings. The van der Waals surface area contributed by atoms with E-state index in [1.165, 1.54) is 17.4 Å². The van der Waals surface area contributed by atoms with E-state index in [1.54, 1.807) is 0 Å². The van der Waals surface area contributed by atoms with Crippen LogP contribution in [0, 0.1) is 6.92 Å². The lowest BCUT2D eigenvalue weighted by Crippen LogP contribution is -2.55. The molecule has 1 aromatic rings. The van der Waals surface area contributed by atoms with Gasteiger partial charge in [-0.1, -0.05) is 12.1 Å². The zero-order valence-electron chi connectivity index (χ0n) is 17.9. The number of hydrogen-bond acceptors (Lipinski definition) is 6. The highest BCUT2D eigenvalue weighted by atomic mass is 32.2. The third-order valence-electron chi connectivity index (χ3n) is 6.13. The minimum Gasteiger partial charge on any atom is -0.486 e. The highest BCUT2D eigenvalue weighted by molar-refractivity contribution is 7.88. The van der Waals surface area contributed by atoms with Gasteiger partial charge in [-0.2, -0.15) is 0 Å². The number of ether oxygens (including phenoxy) is 2. The Hall–Kier alpha value is -1.48. The van der Waals surface area contributed by atoms with E-state index in [9.17, 15) is 13.2 Å². The maximum atomic E-state index is 11.6. The molecule has 8 heteroatoms. The van der Waals surface area contributed by atoms with Crippen LogP contribution in [-0.2, 0) is 19.6 Å². The van der Waals surface area contributed by atoms with Crippen molar-refractivity contribution in [2.75, 3.05) is 26.0 Å². The highest BCUT2D eigenvalue weighted by Crippen LogP contribution is 2.40. The van der Waals surface area contributed by atoms with E-state index in [1.807, 2.05) is 12.1 Å². The topological polar surface area (TPSA) is 93.7 Å². The fourth-order valence-electron chi connectivity index (χ4n) is 4.73. The fraction of sp³-hybridized carbons (Fsp3) is 0.682. The van der Waals surface area contributed by atoms with Crippen LogP contribution in [0.3, 0.4) is 0 Å². The number of hydrogen-bond donors (Lipinski definition) is 2. The minimum absolute atomic E-state index is 0.00547. The minimum atomic E-state index is -3.23. The number of sulfonamides is 1. The molecule has 1 aliphatic carbocycles. The van der Waals surface area contributed by atoms with Crippen molar-refractivity contribution in [2.45, 2.75) is 69.6 Å². The second kappa shape index (κ2) is 10.7. The quantitative estimate of drug-likeness (QED) is 0.575. The third kappa shape index (κ3) is 6.51. The van der Waals surface area contributed by atoms with Crippen molar-refractivity contribution in [3.8, 4) is 5.75 Å². The summed E-state index contributed by atoms with van der Waals surface area (Å²) in [5, 5.41) is 3.40. The molecule has 1 aliphatic heterocycles. The first-order valence-corrected chi connectivity index (χ1v) is 12.7. The van der Waals surface area contributed by atoms with E-state index in [2.05, 4.69) is 23.0 Å². The number of benzene rings is 1. The fourth-order valence-corrected chi connectivity index (χ4v) is 5.56. The van der Waals surface area contributed by atoms with Crippen LogP contribution in [0.1, 0.15) is 55.6 Å². The molecular weight excluding hydrogens is 404 g/mol. The summed E-state index contributed by atoms with van der Waals surface area (Å²) in [6, 6.07) is 5.89. The van der Waals surface area contributed by atoms with Gasteiger partial charge in [-0.15, -0.1) is 0 Å². The maximum Gasteiger partial charge on any atom is 0.209 e. The van der Waals surface area contributed by atoms with Gasteiger partial charge >= 0.3 is 0 Å². The summed E-state index contributed by atoms with van der Waals surface area (Å²) in [5.41, 5.74) is 2.41. The van der Waals surface area contributed by atoms with Gasteiger partial charge in [0.1, 0.15) is 12.4 Å². The van der Waals surface area contributed by atoms with Crippen molar-refractivity contribution in [1.82, 2.24) is 10.0 Å². The predicted molar refractivity (Wildman–Crippen MR) is 116 cm³/mol. The van der Waals surface area contributed by atoms with Crippen LogP contribution in [-0.4, -0.2) is 58.9 Å². The van der Waals surface area contributed by atoms with Gasteiger partial charge in [-0.25, -0.2) is 13.1 Å². The molecule has 3 rings (SSSR count). The Bertz CT molecular complexity index is 806. The van der Waals surface area contributed by atoms with Gasteiger partial charge in [0.25, 0.3) is 0 Å². The van der Waals surface area contributed by atoms with Crippen LogP contribution in [0.25, 0.3) is 0 Å². The highest BCUT2D eigenvalue weighted by Gasteiger charge is 2.30. The van der Waals surface area contributed by atoms with Gasteiger partial charge < -0.3 is 14.8 Å². The lowest BCUT2D eigenvalue weighted by atomic mass is 9.80. The normalized spacial score (nSPS) is 27.5. The summed E-state index contributed by atoms with van der Waals surface area (Å²) in [5.74, 6) is 1.22. The summed E-state index contributed by atoms with van der Waals surface area (Å²) in [4.78, 5) is 10.7. The average Bonchev–Trinajstić information content (AvgIpc) is 2.71. The third-order valence-corrected chi connectivity index (χ3v) is 6.87. The monoisotopic (exact) mass is 438 g/mol. The first-order chi connectivity index (χ1) is 14.4. The molecule has 7 nitrogen and oxygen atoms in total. The Labute approximate surface area is 180 Å². The van der Waals surface area contributed by atoms with Crippen molar-refractivity contribution < 1.29 is 22.7 Å². The van der Waals surface area contributed by atoms with Crippen molar-refractivity contribution >= 4 is 16.3 Å². The molecular formula is C22H34N2O5S. The smallest absolute Gasteiger partial charge is 0.209 e. The second-order valence-corrected chi connectivity index (χ2v) is 10.3. The lowest BCUT2D eigenvalue weighted by Gasteiger charge is -2.35. The zero-order valence-corrected chi connectivity index (χ0v) is 18.7. The van der Waals surface area contributed by atoms with Crippen LogP contribution >= 0.6 is 0 Å². The van der Waals surface area contributed by atoms with E-state index in [-0.39, 0.29) is 24.8 Å². The molecule has 1 saturated carbocycles. The largest absolute Gasteiger partial charge is 0.486 e. The molecule has 2 atom stereocenters. The molecule has 2 aliphatic rings.